The van der Waals surface area contributed by atoms with Gasteiger partial charge in [-0.3, -0.25) is 9.13 Å². The molecule has 0 N–H and O–H groups in total. The molecule has 0 spiro atoms. The second kappa shape index (κ2) is 6.06. The Kier molecular flexibility index (Phi) is 4.31. The first-order chi connectivity index (χ1) is 11.6. The number of hydrogen-bond acceptors (Lipinski definition) is 2. The molecule has 0 aliphatic carbocycles. The number of imidazole rings is 1. The summed E-state index contributed by atoms with van der Waals surface area (Å²) < 4.78 is 17.4. The fourth-order valence-corrected chi connectivity index (χ4v) is 3.46. The van der Waals surface area contributed by atoms with E-state index in [1.807, 2.05) is 18.2 Å². The molecular weight excluding hydrogens is 341 g/mol. The molecule has 4 nitrogen and oxygen atoms in total. The van der Waals surface area contributed by atoms with E-state index in [1.54, 1.807) is 23.2 Å². The summed E-state index contributed by atoms with van der Waals surface area (Å²) in [7, 11) is 3.42. The van der Waals surface area contributed by atoms with Crippen LogP contribution >= 0.6 is 11.6 Å². The number of hydrogen-bond donors (Lipinski definition) is 0. The van der Waals surface area contributed by atoms with Crippen LogP contribution in [0.5, 0.6) is 0 Å². The first-order valence-electron chi connectivity index (χ1n) is 8.25. The first kappa shape index (κ1) is 17.8. The Labute approximate surface area is 151 Å². The van der Waals surface area contributed by atoms with Crippen molar-refractivity contribution in [3.63, 3.8) is 0 Å². The molecule has 0 fully saturated rings. The Balaban J connectivity index is 2.15. The highest BCUT2D eigenvalue weighted by atomic mass is 35.5. The van der Waals surface area contributed by atoms with E-state index < -0.39 is 0 Å². The number of nitrogens with zero attached hydrogens (tertiary/aromatic N) is 3. The average molecular weight is 364 g/mol. The molecule has 0 unspecified atom stereocenters. The van der Waals surface area contributed by atoms with Crippen molar-refractivity contribution in [2.45, 2.75) is 27.3 Å². The third-order valence-electron chi connectivity index (χ3n) is 4.39. The number of halogens is 2. The third-order valence-corrected chi connectivity index (χ3v) is 4.71. The van der Waals surface area contributed by atoms with Gasteiger partial charge in [-0.2, -0.15) is 4.39 Å². The zero-order chi connectivity index (χ0) is 18.5. The summed E-state index contributed by atoms with van der Waals surface area (Å²) in [6.45, 7) is 7.27. The second-order valence-electron chi connectivity index (χ2n) is 7.83. The Morgan fingerprint density at radius 1 is 1.20 bits per heavy atom. The lowest BCUT2D eigenvalue weighted by Crippen LogP contribution is -2.27. The quantitative estimate of drug-likeness (QED) is 0.752. The van der Waals surface area contributed by atoms with Crippen molar-refractivity contribution in [1.29, 1.82) is 0 Å². The van der Waals surface area contributed by atoms with E-state index in [0.717, 1.165) is 16.6 Å². The lowest BCUT2D eigenvalue weighted by atomic mass is 9.97. The second-order valence-corrected chi connectivity index (χ2v) is 8.29. The average Bonchev–Trinajstić information content (AvgIpc) is 2.74. The summed E-state index contributed by atoms with van der Waals surface area (Å²) in [6, 6.07) is 5.72. The Hall–Kier alpha value is -2.01. The summed E-state index contributed by atoms with van der Waals surface area (Å²) >= 11 is 6.34. The molecule has 134 valence electrons. The highest BCUT2D eigenvalue weighted by Crippen LogP contribution is 2.32. The molecule has 3 rings (SSSR count). The van der Waals surface area contributed by atoms with Gasteiger partial charge in [0.1, 0.15) is 0 Å². The highest BCUT2D eigenvalue weighted by molar-refractivity contribution is 6.33. The minimum atomic E-state index is -0.321. The summed E-state index contributed by atoms with van der Waals surface area (Å²) in [5, 5.41) is 0.586. The molecule has 2 aromatic rings. The fourth-order valence-electron chi connectivity index (χ4n) is 3.12. The van der Waals surface area contributed by atoms with Crippen LogP contribution < -0.4 is 5.69 Å². The van der Waals surface area contributed by atoms with E-state index >= 15 is 0 Å². The number of aryl methyl sites for hydroxylation is 1. The van der Waals surface area contributed by atoms with Crippen molar-refractivity contribution in [3.05, 3.63) is 51.3 Å². The van der Waals surface area contributed by atoms with Crippen LogP contribution in [0.2, 0.25) is 0 Å². The van der Waals surface area contributed by atoms with Crippen LogP contribution in [0, 0.1) is 5.41 Å². The molecule has 0 saturated heterocycles. The summed E-state index contributed by atoms with van der Waals surface area (Å²) in [5.41, 5.74) is 3.10. The molecule has 1 aliphatic rings. The summed E-state index contributed by atoms with van der Waals surface area (Å²) in [5.74, 6) is -0.321. The Morgan fingerprint density at radius 3 is 2.52 bits per heavy atom. The van der Waals surface area contributed by atoms with E-state index in [9.17, 15) is 9.18 Å². The van der Waals surface area contributed by atoms with Crippen molar-refractivity contribution < 1.29 is 4.39 Å². The van der Waals surface area contributed by atoms with Gasteiger partial charge in [-0.15, -0.1) is 0 Å². The number of allylic oxidation sites excluding steroid dienone is 2. The molecule has 25 heavy (non-hydrogen) atoms. The van der Waals surface area contributed by atoms with Crippen molar-refractivity contribution in [2.24, 2.45) is 12.5 Å². The molecule has 0 atom stereocenters. The molecule has 6 heteroatoms. The minimum Gasteiger partial charge on any atom is -0.346 e. The zero-order valence-electron chi connectivity index (χ0n) is 15.2. The molecule has 2 heterocycles. The van der Waals surface area contributed by atoms with Crippen molar-refractivity contribution >= 4 is 28.2 Å². The van der Waals surface area contributed by atoms with Crippen LogP contribution in [-0.4, -0.2) is 27.6 Å². The van der Waals surface area contributed by atoms with E-state index in [0.29, 0.717) is 23.7 Å². The predicted molar refractivity (Wildman–Crippen MR) is 101 cm³/mol. The van der Waals surface area contributed by atoms with Gasteiger partial charge in [0.2, 0.25) is 0 Å². The van der Waals surface area contributed by atoms with Crippen molar-refractivity contribution in [1.82, 2.24) is 14.0 Å². The van der Waals surface area contributed by atoms with Crippen LogP contribution in [0.25, 0.3) is 16.6 Å². The number of rotatable bonds is 2. The molecule has 0 amide bonds. The third kappa shape index (κ3) is 3.25. The van der Waals surface area contributed by atoms with Crippen LogP contribution in [0.3, 0.4) is 0 Å². The molecule has 1 aromatic heterocycles. The van der Waals surface area contributed by atoms with Crippen LogP contribution in [-0.2, 0) is 13.6 Å². The van der Waals surface area contributed by atoms with Gasteiger partial charge in [0.15, 0.2) is 5.95 Å². The molecule has 1 aromatic carbocycles. The number of fused-ring (bicyclic) bond motifs is 1. The van der Waals surface area contributed by atoms with E-state index in [1.165, 1.54) is 11.0 Å². The maximum Gasteiger partial charge on any atom is 0.328 e. The van der Waals surface area contributed by atoms with Crippen molar-refractivity contribution in [2.75, 3.05) is 13.6 Å². The molecule has 0 saturated carbocycles. The smallest absolute Gasteiger partial charge is 0.328 e. The van der Waals surface area contributed by atoms with E-state index in [-0.39, 0.29) is 17.1 Å². The topological polar surface area (TPSA) is 30.2 Å². The van der Waals surface area contributed by atoms with Gasteiger partial charge in [-0.05, 0) is 23.1 Å². The van der Waals surface area contributed by atoms with Gasteiger partial charge in [0.25, 0.3) is 0 Å². The number of likely N-dealkylation sites (N-methyl/N-ethyl adjacent to an activating group) is 1. The van der Waals surface area contributed by atoms with Crippen LogP contribution in [0.15, 0.2) is 40.1 Å². The highest BCUT2D eigenvalue weighted by Gasteiger charge is 2.20. The largest absolute Gasteiger partial charge is 0.346 e. The normalized spacial score (nSPS) is 16.0. The summed E-state index contributed by atoms with van der Waals surface area (Å²) in [6.07, 6.45) is 1.44. The van der Waals surface area contributed by atoms with Crippen LogP contribution in [0.1, 0.15) is 26.3 Å². The van der Waals surface area contributed by atoms with Crippen LogP contribution in [0.4, 0.5) is 4.39 Å². The first-order valence-corrected chi connectivity index (χ1v) is 8.63. The lowest BCUT2D eigenvalue weighted by Gasteiger charge is -2.23. The van der Waals surface area contributed by atoms with Gasteiger partial charge < -0.3 is 4.90 Å². The molecular formula is C19H23ClFN3O. The van der Waals surface area contributed by atoms with E-state index in [4.69, 9.17) is 11.6 Å². The monoisotopic (exact) mass is 363 g/mol. The van der Waals surface area contributed by atoms with Gasteiger partial charge in [-0.1, -0.05) is 38.4 Å². The maximum atomic E-state index is 14.0. The molecule has 1 aliphatic heterocycles. The lowest BCUT2D eigenvalue weighted by molar-refractivity contribution is 0.341. The van der Waals surface area contributed by atoms with Gasteiger partial charge in [0.05, 0.1) is 17.6 Å². The summed E-state index contributed by atoms with van der Waals surface area (Å²) in [4.78, 5) is 14.1. The van der Waals surface area contributed by atoms with Gasteiger partial charge in [0, 0.05) is 37.3 Å². The number of aromatic nitrogens is 2. The Morgan fingerprint density at radius 2 is 1.88 bits per heavy atom. The van der Waals surface area contributed by atoms with Crippen molar-refractivity contribution in [3.8, 4) is 0 Å². The maximum absolute atomic E-state index is 14.0. The fraction of sp³-hybridized carbons (Fsp3) is 0.421. The molecule has 0 radical (unpaired) electrons. The van der Waals surface area contributed by atoms with E-state index in [2.05, 4.69) is 20.8 Å². The molecule has 0 bridgehead atoms. The SMILES string of the molecule is CN1CC(Cl)=C(c2ccc3c(c2)n(C)c(=O)n3CC(C)(C)C)C=C1F. The predicted octanol–water partition coefficient (Wildman–Crippen LogP) is 4.09. The minimum absolute atomic E-state index is 0.0115. The zero-order valence-corrected chi connectivity index (χ0v) is 16.0. The standard InChI is InChI=1S/C19H23ClFN3O/c1-19(2,3)11-24-15-7-6-12(8-16(15)23(5)18(24)25)13-9-17(21)22(4)10-14(13)20/h6-9H,10-11H2,1-5H3. The number of benzene rings is 1. The Bertz CT molecular complexity index is 959. The van der Waals surface area contributed by atoms with Gasteiger partial charge >= 0.3 is 5.69 Å². The van der Waals surface area contributed by atoms with Gasteiger partial charge in [-0.25, -0.2) is 4.79 Å².